The minimum atomic E-state index is -0.827. The number of hydrogen-bond donors (Lipinski definition) is 1. The lowest BCUT2D eigenvalue weighted by Gasteiger charge is -2.27. The zero-order chi connectivity index (χ0) is 21.3. The molecule has 0 aromatic heterocycles. The van der Waals surface area contributed by atoms with Gasteiger partial charge in [0.2, 0.25) is 0 Å². The van der Waals surface area contributed by atoms with Crippen molar-refractivity contribution in [2.24, 2.45) is 0 Å². The van der Waals surface area contributed by atoms with Crippen molar-refractivity contribution < 1.29 is 24.1 Å². The van der Waals surface area contributed by atoms with Gasteiger partial charge in [-0.05, 0) is 23.5 Å². The Morgan fingerprint density at radius 1 is 0.933 bits per heavy atom. The second kappa shape index (κ2) is 10.5. The Kier molecular flexibility index (Phi) is 7.51. The number of rotatable bonds is 4. The van der Waals surface area contributed by atoms with Crippen LogP contribution in [0.1, 0.15) is 22.8 Å². The van der Waals surface area contributed by atoms with Gasteiger partial charge in [-0.3, -0.25) is 0 Å². The van der Waals surface area contributed by atoms with E-state index in [0.29, 0.717) is 17.1 Å². The second-order valence-electron chi connectivity index (χ2n) is 6.23. The van der Waals surface area contributed by atoms with E-state index in [2.05, 4.69) is 15.9 Å². The van der Waals surface area contributed by atoms with Gasteiger partial charge in [0.15, 0.2) is 6.10 Å². The number of ether oxygens (including phenoxy) is 3. The minimum Gasteiger partial charge on any atom is -0.515 e. The molecule has 5 nitrogen and oxygen atoms in total. The number of carbonyl (C=O) groups is 1. The Bertz CT molecular complexity index is 971. The van der Waals surface area contributed by atoms with E-state index in [-0.39, 0.29) is 6.61 Å². The van der Waals surface area contributed by atoms with Crippen molar-refractivity contribution in [1.82, 2.24) is 0 Å². The van der Waals surface area contributed by atoms with Gasteiger partial charge in [-0.25, -0.2) is 4.79 Å². The van der Waals surface area contributed by atoms with Gasteiger partial charge in [0.25, 0.3) is 0 Å². The summed E-state index contributed by atoms with van der Waals surface area (Å²) in [5.74, 6) is 3.09. The molecule has 0 atom stereocenters. The third kappa shape index (κ3) is 4.83. The van der Waals surface area contributed by atoms with E-state index < -0.39 is 12.3 Å². The maximum absolute atomic E-state index is 12.4. The molecule has 0 unspecified atom stereocenters. The van der Waals surface area contributed by atoms with Crippen LogP contribution in [-0.4, -0.2) is 23.7 Å². The summed E-state index contributed by atoms with van der Waals surface area (Å²) in [6.07, 6.45) is -0.527. The van der Waals surface area contributed by atoms with Crippen LogP contribution in [0.4, 0.5) is 4.79 Å². The predicted octanol–water partition coefficient (Wildman–Crippen LogP) is 6.65. The number of carbonyl (C=O) groups excluding carboxylic acids is 1. The molecule has 0 bridgehead atoms. The topological polar surface area (TPSA) is 65.0 Å². The molecule has 4 rings (SSSR count). The van der Waals surface area contributed by atoms with E-state index in [0.717, 1.165) is 23.0 Å². The first-order chi connectivity index (χ1) is 14.8. The van der Waals surface area contributed by atoms with Crippen LogP contribution in [0.25, 0.3) is 5.57 Å². The zero-order valence-corrected chi connectivity index (χ0v) is 17.9. The van der Waals surface area contributed by atoms with Crippen LogP contribution in [0, 0.1) is 0 Å². The average molecular weight is 469 g/mol. The van der Waals surface area contributed by atoms with Gasteiger partial charge in [0.1, 0.15) is 18.1 Å². The summed E-state index contributed by atoms with van der Waals surface area (Å²) in [5, 5.41) is 9.46. The molecule has 0 fully saturated rings. The van der Waals surface area contributed by atoms with Gasteiger partial charge in [-0.2, -0.15) is 0 Å². The lowest BCUT2D eigenvalue weighted by molar-refractivity contribution is 0.0399. The fraction of sp³-hybridized carbons (Fsp3) is 0.125. The molecule has 0 saturated carbocycles. The summed E-state index contributed by atoms with van der Waals surface area (Å²) in [6.45, 7) is -0.105. The van der Waals surface area contributed by atoms with E-state index >= 15 is 0 Å². The Balaban J connectivity index is 0.00000124. The van der Waals surface area contributed by atoms with Crippen molar-refractivity contribution in [3.05, 3.63) is 102 Å². The smallest absolute Gasteiger partial charge is 0.509 e. The van der Waals surface area contributed by atoms with Gasteiger partial charge in [0.05, 0.1) is 6.26 Å². The molecule has 0 amide bonds. The summed E-state index contributed by atoms with van der Waals surface area (Å²) in [6, 6.07) is 24.0. The summed E-state index contributed by atoms with van der Waals surface area (Å²) < 4.78 is 16.8. The molecule has 1 heterocycles. The van der Waals surface area contributed by atoms with E-state index in [1.807, 2.05) is 84.7 Å². The lowest BCUT2D eigenvalue weighted by Crippen LogP contribution is -2.18. The number of halogens is 1. The van der Waals surface area contributed by atoms with E-state index in [4.69, 9.17) is 14.2 Å². The second-order valence-corrected chi connectivity index (χ2v) is 6.23. The quantitative estimate of drug-likeness (QED) is 0.264. The van der Waals surface area contributed by atoms with Crippen LogP contribution < -0.4 is 4.74 Å². The zero-order valence-electron chi connectivity index (χ0n) is 16.3. The summed E-state index contributed by atoms with van der Waals surface area (Å²) in [4.78, 5) is 12.4. The molecule has 0 aliphatic carbocycles. The molecule has 1 aliphatic rings. The van der Waals surface area contributed by atoms with Crippen molar-refractivity contribution in [2.75, 3.05) is 12.4 Å². The number of para-hydroxylation sites is 2. The van der Waals surface area contributed by atoms with E-state index in [9.17, 15) is 9.90 Å². The number of benzene rings is 3. The third-order valence-corrected chi connectivity index (χ3v) is 4.48. The predicted molar refractivity (Wildman–Crippen MR) is 119 cm³/mol. The Labute approximate surface area is 183 Å². The fourth-order valence-corrected chi connectivity index (χ4v) is 3.11. The van der Waals surface area contributed by atoms with Gasteiger partial charge in [0, 0.05) is 16.7 Å². The van der Waals surface area contributed by atoms with Crippen molar-refractivity contribution in [3.8, 4) is 11.5 Å². The Morgan fingerprint density at radius 2 is 1.47 bits per heavy atom. The van der Waals surface area contributed by atoms with Crippen LogP contribution in [0.3, 0.4) is 0 Å². The number of aliphatic hydroxyl groups is 1. The Hall–Kier alpha value is -3.25. The van der Waals surface area contributed by atoms with E-state index in [1.54, 1.807) is 0 Å². The van der Waals surface area contributed by atoms with Crippen LogP contribution in [0.2, 0.25) is 0 Å². The first-order valence-corrected chi connectivity index (χ1v) is 10.8. The summed E-state index contributed by atoms with van der Waals surface area (Å²) in [5.41, 5.74) is 2.74. The van der Waals surface area contributed by atoms with Gasteiger partial charge in [-0.1, -0.05) is 82.7 Å². The molecule has 6 heteroatoms. The summed E-state index contributed by atoms with van der Waals surface area (Å²) >= 11 is 2.94. The maximum atomic E-state index is 12.4. The molecular weight excluding hydrogens is 448 g/mol. The standard InChI is InChI=1S/C23H18O5.CH3Br/c24-14-17(16-8-2-1-3-9-16)15-26-23(25)28-22-18-10-4-6-12-20(18)27-21-13-7-5-11-19(21)22;1-2/h1-14,22,24H,15H2;1H3. The van der Waals surface area contributed by atoms with Crippen molar-refractivity contribution >= 4 is 27.7 Å². The van der Waals surface area contributed by atoms with Crippen LogP contribution in [-0.2, 0) is 9.47 Å². The van der Waals surface area contributed by atoms with Crippen LogP contribution >= 0.6 is 15.9 Å². The van der Waals surface area contributed by atoms with Gasteiger partial charge in [-0.15, -0.1) is 0 Å². The molecule has 1 N–H and O–H groups in total. The largest absolute Gasteiger partial charge is 0.515 e. The molecular formula is C24H21BrO5. The first kappa shape index (κ1) is 21.5. The molecule has 30 heavy (non-hydrogen) atoms. The number of aliphatic hydroxyl groups excluding tert-OH is 1. The van der Waals surface area contributed by atoms with Crippen molar-refractivity contribution in [1.29, 1.82) is 0 Å². The summed E-state index contributed by atoms with van der Waals surface area (Å²) in [7, 11) is 0. The minimum absolute atomic E-state index is 0.105. The maximum Gasteiger partial charge on any atom is 0.509 e. The molecule has 0 radical (unpaired) electrons. The average Bonchev–Trinajstić information content (AvgIpc) is 2.81. The van der Waals surface area contributed by atoms with Gasteiger partial charge < -0.3 is 19.3 Å². The first-order valence-electron chi connectivity index (χ1n) is 9.22. The SMILES string of the molecule is CBr.O=C(OCC(=CO)c1ccccc1)OC1c2ccccc2Oc2ccccc21. The highest BCUT2D eigenvalue weighted by atomic mass is 79.9. The molecule has 1 aliphatic heterocycles. The van der Waals surface area contributed by atoms with E-state index in [1.165, 1.54) is 0 Å². The Morgan fingerprint density at radius 3 is 2.03 bits per heavy atom. The highest BCUT2D eigenvalue weighted by Gasteiger charge is 2.30. The van der Waals surface area contributed by atoms with Gasteiger partial charge >= 0.3 is 6.16 Å². The molecule has 3 aromatic carbocycles. The highest BCUT2D eigenvalue weighted by molar-refractivity contribution is 9.08. The number of alkyl halides is 1. The number of hydrogen-bond acceptors (Lipinski definition) is 5. The van der Waals surface area contributed by atoms with Crippen molar-refractivity contribution in [3.63, 3.8) is 0 Å². The number of fused-ring (bicyclic) bond motifs is 2. The highest BCUT2D eigenvalue weighted by Crippen LogP contribution is 2.44. The fourth-order valence-electron chi connectivity index (χ4n) is 3.11. The monoisotopic (exact) mass is 468 g/mol. The normalized spacial score (nSPS) is 12.4. The van der Waals surface area contributed by atoms with Crippen molar-refractivity contribution in [2.45, 2.75) is 6.10 Å². The molecule has 3 aromatic rings. The molecule has 0 saturated heterocycles. The molecule has 0 spiro atoms. The lowest BCUT2D eigenvalue weighted by atomic mass is 9.97. The third-order valence-electron chi connectivity index (χ3n) is 4.48. The molecule has 154 valence electrons. The van der Waals surface area contributed by atoms with Crippen LogP contribution in [0.15, 0.2) is 85.1 Å². The van der Waals surface area contributed by atoms with Crippen LogP contribution in [0.5, 0.6) is 11.5 Å².